The molecule has 0 aliphatic carbocycles. The van der Waals surface area contributed by atoms with Crippen LogP contribution in [0.15, 0.2) is 54.9 Å². The maximum atomic E-state index is 10.9. The summed E-state index contributed by atoms with van der Waals surface area (Å²) in [5, 5.41) is 0. The number of aromatic nitrogens is 1. The van der Waals surface area contributed by atoms with E-state index in [2.05, 4.69) is 178 Å². The van der Waals surface area contributed by atoms with E-state index in [4.69, 9.17) is 14.2 Å². The lowest BCUT2D eigenvalue weighted by Gasteiger charge is -2.27. The third-order valence-corrected chi connectivity index (χ3v) is 16.4. The second-order valence-electron chi connectivity index (χ2n) is 25.1. The van der Waals surface area contributed by atoms with Crippen LogP contribution in [-0.4, -0.2) is 202 Å². The Morgan fingerprint density at radius 1 is 0.663 bits per heavy atom. The number of methoxy groups -OCH3 is 1. The number of hydrogen-bond acceptors (Lipinski definition) is 13. The van der Waals surface area contributed by atoms with Gasteiger partial charge in [-0.2, -0.15) is 0 Å². The number of ether oxygens (including phenoxy) is 4. The van der Waals surface area contributed by atoms with E-state index in [0.29, 0.717) is 23.7 Å². The molecule has 7 rings (SSSR count). The third kappa shape index (κ3) is 72.3. The van der Waals surface area contributed by atoms with Gasteiger partial charge in [-0.3, -0.25) is 19.5 Å². The van der Waals surface area contributed by atoms with Gasteiger partial charge < -0.3 is 38.5 Å². The van der Waals surface area contributed by atoms with Gasteiger partial charge in [-0.1, -0.05) is 160 Å². The summed E-state index contributed by atoms with van der Waals surface area (Å²) in [7, 11) is 7.65. The van der Waals surface area contributed by atoms with Crippen LogP contribution in [0.2, 0.25) is 0 Å². The van der Waals surface area contributed by atoms with Crippen LogP contribution in [-0.2, 0) is 51.2 Å². The quantitative estimate of drug-likeness (QED) is 0.148. The molecule has 1 aromatic carbocycles. The minimum atomic E-state index is -2.67. The molecule has 1 aromatic heterocycles. The number of rotatable bonds is 16. The SMILES string of the molecule is CCC(C)(C)C.CCC1CCCN1C.CCC1CCN(C)CC1.CCC1CCOCC1.CCCN(C)C.CCCN1CCCC1=O.CCCOC.CCCOC(C)=O.CCCS(C)(=O)=O.CCN1CCOCC1.CCc1ccccc1.CCc1cccnc1. The number of likely N-dealkylation sites (tertiary alicyclic amines) is 3. The molecule has 89 heavy (non-hydrogen) atoms. The number of amides is 1. The molecule has 0 radical (unpaired) electrons. The highest BCUT2D eigenvalue weighted by Crippen LogP contribution is 2.19. The van der Waals surface area contributed by atoms with Crippen LogP contribution in [0.25, 0.3) is 0 Å². The molecule has 5 saturated heterocycles. The van der Waals surface area contributed by atoms with Gasteiger partial charge in [0.15, 0.2) is 0 Å². The lowest BCUT2D eigenvalue weighted by atomic mass is 9.94. The zero-order chi connectivity index (χ0) is 68.6. The molecule has 5 aliphatic rings. The number of sulfone groups is 1. The lowest BCUT2D eigenvalue weighted by molar-refractivity contribution is -0.141. The Balaban J connectivity index is -0.000000289. The number of pyridine rings is 1. The molecule has 1 amide bonds. The van der Waals surface area contributed by atoms with E-state index in [-0.39, 0.29) is 5.97 Å². The summed E-state index contributed by atoms with van der Waals surface area (Å²) >= 11 is 0. The fourth-order valence-corrected chi connectivity index (χ4v) is 9.58. The number of hydrogen-bond donors (Lipinski definition) is 0. The first-order chi connectivity index (χ1) is 42.3. The lowest BCUT2D eigenvalue weighted by Crippen LogP contribution is -2.35. The molecular formula is C74H148N6O8S. The van der Waals surface area contributed by atoms with Crippen molar-refractivity contribution in [2.45, 2.75) is 239 Å². The molecule has 528 valence electrons. The van der Waals surface area contributed by atoms with E-state index >= 15 is 0 Å². The Morgan fingerprint density at radius 2 is 1.20 bits per heavy atom. The molecule has 0 spiro atoms. The predicted molar refractivity (Wildman–Crippen MR) is 386 cm³/mol. The predicted octanol–water partition coefficient (Wildman–Crippen LogP) is 16.1. The van der Waals surface area contributed by atoms with Gasteiger partial charge in [0, 0.05) is 96.9 Å². The first-order valence-corrected chi connectivity index (χ1v) is 37.3. The highest BCUT2D eigenvalue weighted by atomic mass is 32.2. The summed E-state index contributed by atoms with van der Waals surface area (Å²) in [6.45, 7) is 49.6. The Morgan fingerprint density at radius 3 is 1.46 bits per heavy atom. The average molecular weight is 1280 g/mol. The molecular weight excluding hydrogens is 1130 g/mol. The number of aryl methyl sites for hydroxylation is 2. The number of benzene rings is 1. The second-order valence-corrected chi connectivity index (χ2v) is 27.3. The van der Waals surface area contributed by atoms with E-state index in [1.807, 2.05) is 37.1 Å². The van der Waals surface area contributed by atoms with Gasteiger partial charge in [0.05, 0.1) is 19.8 Å². The van der Waals surface area contributed by atoms with Gasteiger partial charge >= 0.3 is 5.97 Å². The molecule has 6 heterocycles. The maximum absolute atomic E-state index is 10.9. The Bertz CT molecular complexity index is 1780. The van der Waals surface area contributed by atoms with Crippen molar-refractivity contribution in [2.75, 3.05) is 146 Å². The third-order valence-electron chi connectivity index (χ3n) is 15.3. The largest absolute Gasteiger partial charge is 0.466 e. The molecule has 5 aliphatic heterocycles. The summed E-state index contributed by atoms with van der Waals surface area (Å²) in [4.78, 5) is 36.2. The fourth-order valence-electron chi connectivity index (χ4n) is 8.84. The zero-order valence-corrected chi connectivity index (χ0v) is 63.4. The van der Waals surface area contributed by atoms with Gasteiger partial charge in [-0.15, -0.1) is 0 Å². The van der Waals surface area contributed by atoms with Crippen LogP contribution in [0.4, 0.5) is 0 Å². The van der Waals surface area contributed by atoms with Crippen molar-refractivity contribution in [3.63, 3.8) is 0 Å². The van der Waals surface area contributed by atoms with Crippen LogP contribution in [0, 0.1) is 17.3 Å². The molecule has 1 atom stereocenters. The summed E-state index contributed by atoms with van der Waals surface area (Å²) in [5.41, 5.74) is 3.25. The highest BCUT2D eigenvalue weighted by Gasteiger charge is 2.19. The van der Waals surface area contributed by atoms with Crippen LogP contribution in [0.1, 0.15) is 231 Å². The van der Waals surface area contributed by atoms with Crippen molar-refractivity contribution in [1.82, 2.24) is 29.5 Å². The number of nitrogens with zero attached hydrogens (tertiary/aromatic N) is 6. The van der Waals surface area contributed by atoms with Crippen LogP contribution in [0.3, 0.4) is 0 Å². The molecule has 2 aromatic rings. The molecule has 0 saturated carbocycles. The first-order valence-electron chi connectivity index (χ1n) is 35.2. The maximum Gasteiger partial charge on any atom is 0.302 e. The Hall–Kier alpha value is -3.02. The van der Waals surface area contributed by atoms with Crippen LogP contribution < -0.4 is 0 Å². The summed E-state index contributed by atoms with van der Waals surface area (Å²) in [6.07, 6.45) is 27.7. The van der Waals surface area contributed by atoms with E-state index < -0.39 is 9.84 Å². The Kier molecular flexibility index (Phi) is 72.2. The minimum Gasteiger partial charge on any atom is -0.466 e. The number of piperidine rings is 1. The average Bonchev–Trinajstić information content (AvgIpc) is 4.20. The number of esters is 1. The number of carbonyl (C=O) groups is 2. The van der Waals surface area contributed by atoms with E-state index in [1.165, 1.54) is 128 Å². The molecule has 14 nitrogen and oxygen atoms in total. The van der Waals surface area contributed by atoms with Crippen molar-refractivity contribution < 1.29 is 37.0 Å². The second kappa shape index (κ2) is 67.9. The number of likely N-dealkylation sites (N-methyl/N-ethyl adjacent to an activating group) is 1. The van der Waals surface area contributed by atoms with Gasteiger partial charge in [0.2, 0.25) is 5.91 Å². The molecule has 1 unspecified atom stereocenters. The topological polar surface area (TPSA) is 134 Å². The van der Waals surface area contributed by atoms with Crippen molar-refractivity contribution >= 4 is 21.7 Å². The molecule has 0 N–H and O–H groups in total. The molecule has 15 heteroatoms. The van der Waals surface area contributed by atoms with Gasteiger partial charge in [0.25, 0.3) is 0 Å². The van der Waals surface area contributed by atoms with Crippen LogP contribution in [0.5, 0.6) is 0 Å². The first kappa shape index (κ1) is 94.7. The number of carbonyl (C=O) groups excluding carboxylic acids is 2. The summed E-state index contributed by atoms with van der Waals surface area (Å²) < 4.78 is 40.1. The highest BCUT2D eigenvalue weighted by molar-refractivity contribution is 7.90. The summed E-state index contributed by atoms with van der Waals surface area (Å²) in [6, 6.07) is 15.4. The fraction of sp³-hybridized carbons (Fsp3) is 0.824. The Labute approximate surface area is 553 Å². The van der Waals surface area contributed by atoms with Gasteiger partial charge in [0.1, 0.15) is 9.84 Å². The monoisotopic (exact) mass is 1280 g/mol. The van der Waals surface area contributed by atoms with Crippen molar-refractivity contribution in [2.24, 2.45) is 17.3 Å². The minimum absolute atomic E-state index is 0.193. The van der Waals surface area contributed by atoms with Gasteiger partial charge in [-0.25, -0.2) is 8.42 Å². The number of morpholine rings is 1. The van der Waals surface area contributed by atoms with E-state index in [9.17, 15) is 18.0 Å². The van der Waals surface area contributed by atoms with Crippen molar-refractivity contribution in [3.05, 3.63) is 66.0 Å². The van der Waals surface area contributed by atoms with Crippen molar-refractivity contribution in [1.29, 1.82) is 0 Å². The molecule has 5 fully saturated rings. The van der Waals surface area contributed by atoms with Crippen LogP contribution >= 0.6 is 0 Å². The normalized spacial score (nSPS) is 16.7. The summed E-state index contributed by atoms with van der Waals surface area (Å²) in [5.74, 6) is 2.45. The standard InChI is InChI=1S/C8H17N.C8H10.C7H13NO.C7H15N.C7H9N.C7H14O.C6H13NO.C6H14.C5H13N.C5H10O2.C4H10O2S.C4H10O/c1-3-8-4-6-9(2)7-5-8;1-2-8-6-4-3-5-7-8;1-2-5-8-6-3-4-7(8)9;1-3-7-5-4-6-8(7)2;1-2-7-4-3-5-8-6-7;2*1-2-7-3-5-8-6-4-7;1-5-6(2,3)4;1-4-5-6(2)3;1-3-4-7-5(2)6;1-3-4-7(2,5)6;1-3-4-5-2/h8H,3-7H2,1-2H3;3-7H,2H2,1H3;2-6H2,1H3;7H,3-6H2,1-2H3;3-6H,2H2,1H3;7H,2-6H2,1H3;2-6H2,1H3;5H2,1-4H3;4-5H2,1-3H3;2*3-4H2,1-2H3;3-4H2,1-2H3. The zero-order valence-electron chi connectivity index (χ0n) is 62.5. The smallest absolute Gasteiger partial charge is 0.302 e. The van der Waals surface area contributed by atoms with E-state index in [1.54, 1.807) is 13.3 Å². The molecule has 0 bridgehead atoms. The van der Waals surface area contributed by atoms with Gasteiger partial charge in [-0.05, 0) is 192 Å². The van der Waals surface area contributed by atoms with E-state index in [0.717, 1.165) is 128 Å². The van der Waals surface area contributed by atoms with Crippen molar-refractivity contribution in [3.8, 4) is 0 Å².